The van der Waals surface area contributed by atoms with Crippen LogP contribution >= 0.6 is 0 Å². The molecule has 6 nitrogen and oxygen atoms in total. The summed E-state index contributed by atoms with van der Waals surface area (Å²) in [6.07, 6.45) is 1.37. The second kappa shape index (κ2) is 9.90. The summed E-state index contributed by atoms with van der Waals surface area (Å²) in [7, 11) is 0. The summed E-state index contributed by atoms with van der Waals surface area (Å²) in [5.74, 6) is -0.0460. The van der Waals surface area contributed by atoms with Gasteiger partial charge in [0, 0.05) is 18.5 Å². The molecule has 1 N–H and O–H groups in total. The number of Topliss-reactive ketones (excluding diaryl/α,β-unsaturated/α-hetero) is 1. The number of carbonyl (C=O) groups is 2. The van der Waals surface area contributed by atoms with Crippen LogP contribution < -0.4 is 9.47 Å². The van der Waals surface area contributed by atoms with E-state index < -0.39 is 17.7 Å². The Morgan fingerprint density at radius 3 is 2.64 bits per heavy atom. The topological polar surface area (TPSA) is 76.1 Å². The van der Waals surface area contributed by atoms with E-state index in [0.29, 0.717) is 36.4 Å². The van der Waals surface area contributed by atoms with E-state index in [-0.39, 0.29) is 17.4 Å². The maximum absolute atomic E-state index is 13.4. The van der Waals surface area contributed by atoms with Crippen LogP contribution in [0.15, 0.2) is 78.4 Å². The van der Waals surface area contributed by atoms with E-state index in [1.54, 1.807) is 11.0 Å². The molecule has 2 atom stereocenters. The number of fused-ring (bicyclic) bond motifs is 1. The molecule has 36 heavy (non-hydrogen) atoms. The summed E-state index contributed by atoms with van der Waals surface area (Å²) in [6, 6.07) is 21.9. The highest BCUT2D eigenvalue weighted by Gasteiger charge is 2.46. The quantitative estimate of drug-likeness (QED) is 0.288. The van der Waals surface area contributed by atoms with Crippen LogP contribution in [0.2, 0.25) is 0 Å². The number of hydrogen-bond acceptors (Lipinski definition) is 5. The molecule has 1 saturated heterocycles. The number of likely N-dealkylation sites (tertiary alicyclic amines) is 1. The molecular weight excluding hydrogens is 454 g/mol. The Kier molecular flexibility index (Phi) is 6.51. The van der Waals surface area contributed by atoms with Gasteiger partial charge in [0.25, 0.3) is 11.7 Å². The zero-order chi connectivity index (χ0) is 25.2. The van der Waals surface area contributed by atoms with Gasteiger partial charge in [0.1, 0.15) is 23.4 Å². The summed E-state index contributed by atoms with van der Waals surface area (Å²) in [6.45, 7) is 4.72. The molecule has 0 aromatic heterocycles. The van der Waals surface area contributed by atoms with Crippen molar-refractivity contribution < 1.29 is 24.2 Å². The van der Waals surface area contributed by atoms with Gasteiger partial charge in [0.05, 0.1) is 18.2 Å². The predicted molar refractivity (Wildman–Crippen MR) is 137 cm³/mol. The number of aliphatic hydroxyl groups excluding tert-OH is 1. The number of ether oxygens (including phenoxy) is 2. The molecule has 0 radical (unpaired) electrons. The van der Waals surface area contributed by atoms with Crippen molar-refractivity contribution in [1.29, 1.82) is 0 Å². The zero-order valence-corrected chi connectivity index (χ0v) is 20.4. The van der Waals surface area contributed by atoms with Crippen LogP contribution in [0.3, 0.4) is 0 Å². The molecule has 0 unspecified atom stereocenters. The van der Waals surface area contributed by atoms with E-state index in [1.165, 1.54) is 0 Å². The molecule has 184 valence electrons. The molecule has 2 aliphatic heterocycles. The van der Waals surface area contributed by atoms with E-state index in [9.17, 15) is 14.7 Å². The zero-order valence-electron chi connectivity index (χ0n) is 20.4. The van der Waals surface area contributed by atoms with Gasteiger partial charge in [-0.05, 0) is 67.3 Å². The largest absolute Gasteiger partial charge is 0.507 e. The number of aliphatic hydroxyl groups is 1. The molecule has 6 heteroatoms. The molecule has 5 rings (SSSR count). The summed E-state index contributed by atoms with van der Waals surface area (Å²) in [4.78, 5) is 28.2. The van der Waals surface area contributed by atoms with Crippen LogP contribution in [-0.2, 0) is 22.4 Å². The molecule has 0 bridgehead atoms. The summed E-state index contributed by atoms with van der Waals surface area (Å²) in [5, 5.41) is 11.4. The Hall–Kier alpha value is -4.06. The second-order valence-corrected chi connectivity index (χ2v) is 9.19. The van der Waals surface area contributed by atoms with Crippen molar-refractivity contribution in [3.63, 3.8) is 0 Å². The minimum atomic E-state index is -0.724. The Bertz CT molecular complexity index is 1330. The Morgan fingerprint density at radius 2 is 1.86 bits per heavy atom. The van der Waals surface area contributed by atoms with Gasteiger partial charge < -0.3 is 19.5 Å². The van der Waals surface area contributed by atoms with Crippen molar-refractivity contribution in [2.24, 2.45) is 0 Å². The number of rotatable bonds is 7. The van der Waals surface area contributed by atoms with Crippen molar-refractivity contribution in [2.75, 3.05) is 13.2 Å². The van der Waals surface area contributed by atoms with Crippen LogP contribution in [-0.4, -0.2) is 41.0 Å². The third-order valence-electron chi connectivity index (χ3n) is 6.68. The highest BCUT2D eigenvalue weighted by Crippen LogP contribution is 2.41. The van der Waals surface area contributed by atoms with Crippen LogP contribution in [0.1, 0.15) is 42.1 Å². The summed E-state index contributed by atoms with van der Waals surface area (Å²) in [5.41, 5.74) is 3.34. The molecule has 0 saturated carbocycles. The van der Waals surface area contributed by atoms with Crippen LogP contribution in [0.5, 0.6) is 11.5 Å². The van der Waals surface area contributed by atoms with Gasteiger partial charge in [-0.25, -0.2) is 0 Å². The predicted octanol–water partition coefficient (Wildman–Crippen LogP) is 5.07. The fourth-order valence-corrected chi connectivity index (χ4v) is 5.02. The number of hydrogen-bond donors (Lipinski definition) is 1. The molecule has 3 aromatic rings. The summed E-state index contributed by atoms with van der Waals surface area (Å²) >= 11 is 0. The van der Waals surface area contributed by atoms with Gasteiger partial charge in [-0.3, -0.25) is 9.59 Å². The van der Waals surface area contributed by atoms with Crippen molar-refractivity contribution in [1.82, 2.24) is 4.90 Å². The molecule has 1 fully saturated rings. The van der Waals surface area contributed by atoms with Gasteiger partial charge in [0.2, 0.25) is 0 Å². The minimum absolute atomic E-state index is 0.0577. The lowest BCUT2D eigenvalue weighted by molar-refractivity contribution is -0.139. The second-order valence-electron chi connectivity index (χ2n) is 9.19. The van der Waals surface area contributed by atoms with Crippen LogP contribution in [0, 0.1) is 0 Å². The first-order valence-electron chi connectivity index (χ1n) is 12.3. The smallest absolute Gasteiger partial charge is 0.295 e. The Labute approximate surface area is 210 Å². The standard InChI is InChI=1S/C30H29NO5/c1-3-35-24-11-7-10-21(18-24)27-26(28(32)22-12-13-25-23(17-22)16-19(2)36-25)29(33)30(34)31(27)15-14-20-8-5-4-6-9-20/h4-13,17-19,27,32H,3,14-16H2,1-2H3/b28-26+/t19-,27-/m1/s1. The van der Waals surface area contributed by atoms with E-state index >= 15 is 0 Å². The Balaban J connectivity index is 1.58. The first kappa shape index (κ1) is 23.7. The Morgan fingerprint density at radius 1 is 1.06 bits per heavy atom. The van der Waals surface area contributed by atoms with Crippen molar-refractivity contribution >= 4 is 17.4 Å². The number of carbonyl (C=O) groups excluding carboxylic acids is 2. The van der Waals surface area contributed by atoms with Gasteiger partial charge in [-0.1, -0.05) is 42.5 Å². The van der Waals surface area contributed by atoms with Crippen LogP contribution in [0.25, 0.3) is 5.76 Å². The first-order chi connectivity index (χ1) is 17.5. The van der Waals surface area contributed by atoms with Gasteiger partial charge in [0.15, 0.2) is 0 Å². The van der Waals surface area contributed by atoms with Crippen molar-refractivity contribution in [3.8, 4) is 11.5 Å². The van der Waals surface area contributed by atoms with Gasteiger partial charge >= 0.3 is 0 Å². The molecule has 2 aliphatic rings. The first-order valence-corrected chi connectivity index (χ1v) is 12.3. The van der Waals surface area contributed by atoms with Crippen molar-refractivity contribution in [2.45, 2.75) is 38.8 Å². The molecule has 2 heterocycles. The maximum Gasteiger partial charge on any atom is 0.295 e. The number of ketones is 1. The lowest BCUT2D eigenvalue weighted by Gasteiger charge is -2.26. The fourth-order valence-electron chi connectivity index (χ4n) is 5.02. The van der Waals surface area contributed by atoms with E-state index in [1.807, 2.05) is 80.6 Å². The minimum Gasteiger partial charge on any atom is -0.507 e. The van der Waals surface area contributed by atoms with Crippen LogP contribution in [0.4, 0.5) is 0 Å². The normalized spacial score (nSPS) is 20.3. The fraction of sp³-hybridized carbons (Fsp3) is 0.267. The average molecular weight is 484 g/mol. The lowest BCUT2D eigenvalue weighted by atomic mass is 9.94. The number of nitrogens with zero attached hydrogens (tertiary/aromatic N) is 1. The highest BCUT2D eigenvalue weighted by molar-refractivity contribution is 6.46. The average Bonchev–Trinajstić information content (AvgIpc) is 3.38. The lowest BCUT2D eigenvalue weighted by Crippen LogP contribution is -2.31. The summed E-state index contributed by atoms with van der Waals surface area (Å²) < 4.78 is 11.5. The van der Waals surface area contributed by atoms with E-state index in [2.05, 4.69) is 0 Å². The van der Waals surface area contributed by atoms with E-state index in [4.69, 9.17) is 9.47 Å². The molecule has 0 aliphatic carbocycles. The molecule has 1 amide bonds. The molecule has 0 spiro atoms. The molecule has 3 aromatic carbocycles. The molecular formula is C30H29NO5. The van der Waals surface area contributed by atoms with E-state index in [0.717, 1.165) is 23.3 Å². The number of amides is 1. The van der Waals surface area contributed by atoms with Gasteiger partial charge in [-0.15, -0.1) is 0 Å². The SMILES string of the molecule is CCOc1cccc([C@@H]2/C(=C(\O)c3ccc4c(c3)C[C@@H](C)O4)C(=O)C(=O)N2CCc2ccccc2)c1. The van der Waals surface area contributed by atoms with Crippen molar-refractivity contribution in [3.05, 3.63) is 101 Å². The monoisotopic (exact) mass is 483 g/mol. The third kappa shape index (κ3) is 4.47. The van der Waals surface area contributed by atoms with Gasteiger partial charge in [-0.2, -0.15) is 0 Å². The third-order valence-corrected chi connectivity index (χ3v) is 6.68. The number of benzene rings is 3. The maximum atomic E-state index is 13.4. The highest BCUT2D eigenvalue weighted by atomic mass is 16.5.